The normalized spacial score (nSPS) is 36.1. The zero-order valence-electron chi connectivity index (χ0n) is 10.6. The molecule has 3 heteroatoms. The van der Waals surface area contributed by atoms with Crippen LogP contribution in [0.1, 0.15) is 43.7 Å². The Morgan fingerprint density at radius 1 is 1.28 bits per heavy atom. The van der Waals surface area contributed by atoms with E-state index in [1.54, 1.807) is 0 Å². The van der Waals surface area contributed by atoms with Crippen molar-refractivity contribution >= 4 is 11.6 Å². The highest BCUT2D eigenvalue weighted by molar-refractivity contribution is 6.30. The summed E-state index contributed by atoms with van der Waals surface area (Å²) in [6.07, 6.45) is 5.48. The van der Waals surface area contributed by atoms with Gasteiger partial charge in [-0.2, -0.15) is 0 Å². The summed E-state index contributed by atoms with van der Waals surface area (Å²) in [5.41, 5.74) is 0.840. The van der Waals surface area contributed by atoms with E-state index in [9.17, 15) is 5.11 Å². The average molecular weight is 267 g/mol. The van der Waals surface area contributed by atoms with Crippen LogP contribution >= 0.6 is 11.6 Å². The molecular formula is C15H21ClNO+. The molecule has 98 valence electrons. The molecule has 1 aromatic carbocycles. The molecule has 18 heavy (non-hydrogen) atoms. The maximum Gasteiger partial charge on any atom is 0.117 e. The molecule has 1 aliphatic heterocycles. The lowest BCUT2D eigenvalue weighted by atomic mass is 9.67. The summed E-state index contributed by atoms with van der Waals surface area (Å²) >= 11 is 6.10. The molecule has 1 saturated carbocycles. The van der Waals surface area contributed by atoms with Gasteiger partial charge in [0.15, 0.2) is 0 Å². The summed E-state index contributed by atoms with van der Waals surface area (Å²) in [5, 5.41) is 14.0. The van der Waals surface area contributed by atoms with E-state index in [0.717, 1.165) is 30.8 Å². The largest absolute Gasteiger partial charge is 0.389 e. The molecule has 0 amide bonds. The number of aliphatic hydroxyl groups is 1. The Bertz CT molecular complexity index is 432. The molecule has 2 aliphatic rings. The van der Waals surface area contributed by atoms with Gasteiger partial charge in [-0.25, -0.2) is 0 Å². The number of nitrogens with two attached hydrogens (primary N) is 1. The fourth-order valence-corrected chi connectivity index (χ4v) is 4.03. The molecule has 0 unspecified atom stereocenters. The Kier molecular flexibility index (Phi) is 3.35. The number of piperidine rings is 1. The van der Waals surface area contributed by atoms with Crippen LogP contribution in [-0.4, -0.2) is 17.3 Å². The van der Waals surface area contributed by atoms with Gasteiger partial charge in [-0.3, -0.25) is 0 Å². The Balaban J connectivity index is 1.91. The van der Waals surface area contributed by atoms with Crippen LogP contribution in [0.3, 0.4) is 0 Å². The van der Waals surface area contributed by atoms with E-state index < -0.39 is 5.60 Å². The molecule has 1 aromatic rings. The van der Waals surface area contributed by atoms with Gasteiger partial charge >= 0.3 is 0 Å². The van der Waals surface area contributed by atoms with Crippen LogP contribution in [0.25, 0.3) is 0 Å². The highest BCUT2D eigenvalue weighted by Crippen LogP contribution is 2.43. The van der Waals surface area contributed by atoms with Crippen LogP contribution in [0.2, 0.25) is 5.02 Å². The summed E-state index contributed by atoms with van der Waals surface area (Å²) in [6, 6.07) is 8.52. The summed E-state index contributed by atoms with van der Waals surface area (Å²) in [6.45, 7) is 1.02. The summed E-state index contributed by atoms with van der Waals surface area (Å²) in [4.78, 5) is 0. The molecule has 2 nitrogen and oxygen atoms in total. The van der Waals surface area contributed by atoms with Crippen LogP contribution in [0, 0.1) is 5.92 Å². The Morgan fingerprint density at radius 3 is 3.00 bits per heavy atom. The second kappa shape index (κ2) is 4.84. The molecule has 1 heterocycles. The van der Waals surface area contributed by atoms with E-state index in [-0.39, 0.29) is 0 Å². The van der Waals surface area contributed by atoms with Gasteiger partial charge in [0.2, 0.25) is 0 Å². The fraction of sp³-hybridized carbons (Fsp3) is 0.600. The highest BCUT2D eigenvalue weighted by Gasteiger charge is 2.48. The fourth-order valence-electron chi connectivity index (χ4n) is 3.83. The number of rotatable bonds is 1. The minimum atomic E-state index is -0.431. The third kappa shape index (κ3) is 2.18. The topological polar surface area (TPSA) is 36.8 Å². The average Bonchev–Trinajstić information content (AvgIpc) is 2.37. The maximum atomic E-state index is 10.8. The van der Waals surface area contributed by atoms with Gasteiger partial charge in [0.1, 0.15) is 6.04 Å². The van der Waals surface area contributed by atoms with Gasteiger partial charge in [-0.05, 0) is 25.0 Å². The summed E-state index contributed by atoms with van der Waals surface area (Å²) in [7, 11) is 0. The van der Waals surface area contributed by atoms with Crippen molar-refractivity contribution in [1.29, 1.82) is 0 Å². The van der Waals surface area contributed by atoms with Crippen molar-refractivity contribution in [2.45, 2.75) is 43.7 Å². The van der Waals surface area contributed by atoms with Gasteiger partial charge in [0, 0.05) is 22.9 Å². The monoisotopic (exact) mass is 266 g/mol. The lowest BCUT2D eigenvalue weighted by Gasteiger charge is -2.46. The molecule has 0 spiro atoms. The predicted molar refractivity (Wildman–Crippen MR) is 72.5 cm³/mol. The van der Waals surface area contributed by atoms with Gasteiger partial charge < -0.3 is 10.4 Å². The first-order valence-electron chi connectivity index (χ1n) is 7.00. The van der Waals surface area contributed by atoms with Crippen molar-refractivity contribution in [2.75, 3.05) is 6.54 Å². The highest BCUT2D eigenvalue weighted by atomic mass is 35.5. The minimum absolute atomic E-state index is 0.378. The van der Waals surface area contributed by atoms with Gasteiger partial charge in [0.25, 0.3) is 0 Å². The van der Waals surface area contributed by atoms with Crippen molar-refractivity contribution < 1.29 is 10.4 Å². The third-order valence-electron chi connectivity index (χ3n) is 4.73. The predicted octanol–water partition coefficient (Wildman–Crippen LogP) is 2.27. The Hall–Kier alpha value is -0.570. The molecule has 1 aliphatic carbocycles. The standard InChI is InChI=1S/C15H20ClNO/c16-12-5-3-4-11(10-12)14-13-6-1-2-7-15(13,18)8-9-17-14/h3-5,10,13-14,17-18H,1-2,6-9H2/p+1/t13-,14+,15+/m1/s1. The second-order valence-electron chi connectivity index (χ2n) is 5.81. The first kappa shape index (κ1) is 12.5. The van der Waals surface area contributed by atoms with Crippen molar-refractivity contribution in [2.24, 2.45) is 5.92 Å². The minimum Gasteiger partial charge on any atom is -0.389 e. The van der Waals surface area contributed by atoms with Crippen LogP contribution in [-0.2, 0) is 0 Å². The van der Waals surface area contributed by atoms with Gasteiger partial charge in [-0.15, -0.1) is 0 Å². The van der Waals surface area contributed by atoms with E-state index in [4.69, 9.17) is 11.6 Å². The second-order valence-corrected chi connectivity index (χ2v) is 6.25. The number of halogens is 1. The number of fused-ring (bicyclic) bond motifs is 1. The molecule has 3 atom stereocenters. The van der Waals surface area contributed by atoms with Crippen LogP contribution in [0.5, 0.6) is 0 Å². The van der Waals surface area contributed by atoms with Crippen LogP contribution in [0.15, 0.2) is 24.3 Å². The SMILES string of the molecule is O[C@]12CCCC[C@@H]1[C@H](c1cccc(Cl)c1)[NH2+]CC2. The zero-order valence-corrected chi connectivity index (χ0v) is 11.4. The number of hydrogen-bond acceptors (Lipinski definition) is 1. The first-order chi connectivity index (χ1) is 8.69. The lowest BCUT2D eigenvalue weighted by molar-refractivity contribution is -0.719. The van der Waals surface area contributed by atoms with Crippen molar-refractivity contribution in [3.63, 3.8) is 0 Å². The molecule has 3 N–H and O–H groups in total. The third-order valence-corrected chi connectivity index (χ3v) is 4.97. The summed E-state index contributed by atoms with van der Waals surface area (Å²) in [5.74, 6) is 0.387. The molecule has 0 radical (unpaired) electrons. The van der Waals surface area contributed by atoms with Crippen LogP contribution < -0.4 is 5.32 Å². The van der Waals surface area contributed by atoms with Gasteiger partial charge in [-0.1, -0.05) is 36.6 Å². The molecule has 1 saturated heterocycles. The molecular weight excluding hydrogens is 246 g/mol. The molecule has 0 aromatic heterocycles. The Morgan fingerprint density at radius 2 is 2.17 bits per heavy atom. The number of quaternary nitrogens is 1. The van der Waals surface area contributed by atoms with Crippen molar-refractivity contribution in [3.8, 4) is 0 Å². The molecule has 2 fully saturated rings. The number of benzene rings is 1. The lowest BCUT2D eigenvalue weighted by Crippen LogP contribution is -2.91. The number of hydrogen-bond donors (Lipinski definition) is 2. The zero-order chi connectivity index (χ0) is 12.6. The smallest absolute Gasteiger partial charge is 0.117 e. The van der Waals surface area contributed by atoms with Crippen molar-refractivity contribution in [3.05, 3.63) is 34.9 Å². The van der Waals surface area contributed by atoms with E-state index >= 15 is 0 Å². The molecule has 3 rings (SSSR count). The van der Waals surface area contributed by atoms with Gasteiger partial charge in [0.05, 0.1) is 12.1 Å². The molecule has 0 bridgehead atoms. The van der Waals surface area contributed by atoms with E-state index in [1.165, 1.54) is 18.4 Å². The van der Waals surface area contributed by atoms with Crippen LogP contribution in [0.4, 0.5) is 0 Å². The maximum absolute atomic E-state index is 10.8. The quantitative estimate of drug-likeness (QED) is 0.804. The van der Waals surface area contributed by atoms with Crippen molar-refractivity contribution in [1.82, 2.24) is 0 Å². The van der Waals surface area contributed by atoms with E-state index in [2.05, 4.69) is 17.4 Å². The van der Waals surface area contributed by atoms with E-state index in [1.807, 2.05) is 12.1 Å². The first-order valence-corrected chi connectivity index (χ1v) is 7.38. The Labute approximate surface area is 113 Å². The van der Waals surface area contributed by atoms with E-state index in [0.29, 0.717) is 12.0 Å². The summed E-state index contributed by atoms with van der Waals surface area (Å²) < 4.78 is 0.